The topological polar surface area (TPSA) is 78.9 Å². The van der Waals surface area contributed by atoms with Gasteiger partial charge in [0.15, 0.2) is 6.10 Å². The fourth-order valence-corrected chi connectivity index (χ4v) is 9.63. The van der Waals surface area contributed by atoms with Gasteiger partial charge in [0.05, 0.1) is 0 Å². The first kappa shape index (κ1) is 66.4. The van der Waals surface area contributed by atoms with E-state index in [2.05, 4.69) is 27.7 Å². The van der Waals surface area contributed by atoms with Crippen LogP contribution in [0, 0.1) is 5.92 Å². The molecule has 1 atom stereocenters. The normalized spacial score (nSPS) is 12.0. The molecule has 0 radical (unpaired) electrons. The molecule has 0 saturated carbocycles. The molecule has 0 amide bonds. The summed E-state index contributed by atoms with van der Waals surface area (Å²) in [5.41, 5.74) is 0. The van der Waals surface area contributed by atoms with Crippen molar-refractivity contribution in [1.82, 2.24) is 0 Å². The van der Waals surface area contributed by atoms with E-state index in [0.29, 0.717) is 19.3 Å². The minimum atomic E-state index is -0.762. The summed E-state index contributed by atoms with van der Waals surface area (Å²) in [6.07, 6.45) is 62.5. The van der Waals surface area contributed by atoms with Crippen molar-refractivity contribution in [1.29, 1.82) is 0 Å². The van der Waals surface area contributed by atoms with Crippen LogP contribution in [0.15, 0.2) is 0 Å². The number of ether oxygens (including phenoxy) is 3. The Bertz CT molecular complexity index is 1030. The predicted molar refractivity (Wildman–Crippen MR) is 293 cm³/mol. The third-order valence-electron chi connectivity index (χ3n) is 14.3. The lowest BCUT2D eigenvalue weighted by Gasteiger charge is -2.18. The van der Waals surface area contributed by atoms with Gasteiger partial charge in [0.2, 0.25) is 0 Å². The summed E-state index contributed by atoms with van der Waals surface area (Å²) in [4.78, 5) is 38.2. The highest BCUT2D eigenvalue weighted by molar-refractivity contribution is 5.71. The lowest BCUT2D eigenvalue weighted by atomic mass is 10.0. The van der Waals surface area contributed by atoms with E-state index < -0.39 is 6.10 Å². The third-order valence-corrected chi connectivity index (χ3v) is 14.3. The molecule has 0 aromatic carbocycles. The van der Waals surface area contributed by atoms with Crippen LogP contribution in [-0.4, -0.2) is 37.2 Å². The van der Waals surface area contributed by atoms with Crippen molar-refractivity contribution in [2.24, 2.45) is 5.92 Å². The van der Waals surface area contributed by atoms with Gasteiger partial charge in [-0.05, 0) is 25.2 Å². The molecule has 0 aliphatic carbocycles. The van der Waals surface area contributed by atoms with Gasteiger partial charge >= 0.3 is 17.9 Å². The van der Waals surface area contributed by atoms with Crippen molar-refractivity contribution < 1.29 is 28.6 Å². The first-order valence-electron chi connectivity index (χ1n) is 30.9. The molecular formula is C62H120O6. The van der Waals surface area contributed by atoms with Crippen LogP contribution in [0.5, 0.6) is 0 Å². The van der Waals surface area contributed by atoms with Crippen molar-refractivity contribution in [2.75, 3.05) is 13.2 Å². The highest BCUT2D eigenvalue weighted by Gasteiger charge is 2.19. The summed E-state index contributed by atoms with van der Waals surface area (Å²) in [7, 11) is 0. The molecule has 0 aromatic rings. The first-order valence-corrected chi connectivity index (χ1v) is 30.9. The second-order valence-electron chi connectivity index (χ2n) is 21.8. The van der Waals surface area contributed by atoms with Crippen LogP contribution in [0.2, 0.25) is 0 Å². The van der Waals surface area contributed by atoms with Crippen LogP contribution in [-0.2, 0) is 28.6 Å². The average molecular weight is 962 g/mol. The molecule has 0 aromatic heterocycles. The Morgan fingerprint density at radius 1 is 0.279 bits per heavy atom. The second kappa shape index (κ2) is 56.3. The van der Waals surface area contributed by atoms with Crippen molar-refractivity contribution in [3.05, 3.63) is 0 Å². The Hall–Kier alpha value is -1.59. The maximum Gasteiger partial charge on any atom is 0.306 e. The van der Waals surface area contributed by atoms with Gasteiger partial charge in [0.25, 0.3) is 0 Å². The maximum absolute atomic E-state index is 12.9. The van der Waals surface area contributed by atoms with E-state index in [-0.39, 0.29) is 31.1 Å². The lowest BCUT2D eigenvalue weighted by Crippen LogP contribution is -2.30. The standard InChI is InChI=1S/C62H120O6/c1-5-7-9-11-13-15-17-18-19-20-21-26-29-32-35-39-43-47-51-55-62(65)68-59(56-66-60(63)53-49-45-41-37-16-14-12-10-8-6-2)57-67-61(64)54-50-46-42-38-34-31-28-25-23-22-24-27-30-33-36-40-44-48-52-58(3)4/h58-59H,5-57H2,1-4H3/t59-/m0/s1. The summed E-state index contributed by atoms with van der Waals surface area (Å²) in [6.45, 7) is 9.08. The summed E-state index contributed by atoms with van der Waals surface area (Å²) in [5.74, 6) is 0.0261. The van der Waals surface area contributed by atoms with E-state index in [9.17, 15) is 14.4 Å². The highest BCUT2D eigenvalue weighted by atomic mass is 16.6. The van der Waals surface area contributed by atoms with E-state index in [1.165, 1.54) is 250 Å². The molecule has 6 nitrogen and oxygen atoms in total. The lowest BCUT2D eigenvalue weighted by molar-refractivity contribution is -0.167. The van der Waals surface area contributed by atoms with E-state index in [1.807, 2.05) is 0 Å². The number of carbonyl (C=O) groups is 3. The van der Waals surface area contributed by atoms with Crippen LogP contribution in [0.25, 0.3) is 0 Å². The number of esters is 3. The molecule has 0 spiro atoms. The first-order chi connectivity index (χ1) is 33.4. The molecule has 404 valence electrons. The minimum Gasteiger partial charge on any atom is -0.462 e. The Labute approximate surface area is 425 Å². The molecule has 68 heavy (non-hydrogen) atoms. The Balaban J connectivity index is 4.19. The molecular weight excluding hydrogens is 841 g/mol. The molecule has 6 heteroatoms. The van der Waals surface area contributed by atoms with E-state index in [4.69, 9.17) is 14.2 Å². The minimum absolute atomic E-state index is 0.0615. The Morgan fingerprint density at radius 3 is 0.721 bits per heavy atom. The van der Waals surface area contributed by atoms with Gasteiger partial charge in [0.1, 0.15) is 13.2 Å². The van der Waals surface area contributed by atoms with Gasteiger partial charge in [-0.15, -0.1) is 0 Å². The van der Waals surface area contributed by atoms with Crippen LogP contribution in [0.3, 0.4) is 0 Å². The number of unbranched alkanes of at least 4 members (excludes halogenated alkanes) is 44. The number of carbonyl (C=O) groups excluding carboxylic acids is 3. The van der Waals surface area contributed by atoms with Gasteiger partial charge in [-0.25, -0.2) is 0 Å². The molecule has 0 fully saturated rings. The summed E-state index contributed by atoms with van der Waals surface area (Å²) in [5, 5.41) is 0. The number of hydrogen-bond donors (Lipinski definition) is 0. The largest absolute Gasteiger partial charge is 0.462 e. The summed E-state index contributed by atoms with van der Waals surface area (Å²) in [6, 6.07) is 0. The molecule has 0 N–H and O–H groups in total. The Kier molecular flexibility index (Phi) is 55.0. The summed E-state index contributed by atoms with van der Waals surface area (Å²) >= 11 is 0. The zero-order chi connectivity index (χ0) is 49.5. The number of hydrogen-bond acceptors (Lipinski definition) is 6. The third kappa shape index (κ3) is 55.3. The molecule has 0 unspecified atom stereocenters. The van der Waals surface area contributed by atoms with Crippen molar-refractivity contribution in [3.8, 4) is 0 Å². The maximum atomic E-state index is 12.9. The van der Waals surface area contributed by atoms with Crippen molar-refractivity contribution in [2.45, 2.75) is 361 Å². The monoisotopic (exact) mass is 961 g/mol. The Morgan fingerprint density at radius 2 is 0.485 bits per heavy atom. The van der Waals surface area contributed by atoms with Crippen LogP contribution >= 0.6 is 0 Å². The molecule has 0 aliphatic heterocycles. The molecule has 0 heterocycles. The molecule has 0 saturated heterocycles. The van der Waals surface area contributed by atoms with Gasteiger partial charge in [-0.2, -0.15) is 0 Å². The molecule has 0 rings (SSSR count). The zero-order valence-electron chi connectivity index (χ0n) is 46.6. The van der Waals surface area contributed by atoms with Crippen molar-refractivity contribution in [3.63, 3.8) is 0 Å². The number of rotatable bonds is 57. The van der Waals surface area contributed by atoms with Crippen LogP contribution in [0.1, 0.15) is 355 Å². The van der Waals surface area contributed by atoms with Crippen LogP contribution in [0.4, 0.5) is 0 Å². The quantitative estimate of drug-likeness (QED) is 0.0343. The SMILES string of the molecule is CCCCCCCCCCCCCCCCCCCCCC(=O)O[C@@H](COC(=O)CCCCCCCCCCCC)COC(=O)CCCCCCCCCCCCCCCCCCCCC(C)C. The fraction of sp³-hybridized carbons (Fsp3) is 0.952. The smallest absolute Gasteiger partial charge is 0.306 e. The predicted octanol–water partition coefficient (Wildman–Crippen LogP) is 20.6. The van der Waals surface area contributed by atoms with E-state index >= 15 is 0 Å². The van der Waals surface area contributed by atoms with Gasteiger partial charge in [0, 0.05) is 19.3 Å². The molecule has 0 aliphatic rings. The van der Waals surface area contributed by atoms with E-state index in [0.717, 1.165) is 63.7 Å². The summed E-state index contributed by atoms with van der Waals surface area (Å²) < 4.78 is 16.9. The van der Waals surface area contributed by atoms with Crippen molar-refractivity contribution >= 4 is 17.9 Å². The second-order valence-corrected chi connectivity index (χ2v) is 21.8. The van der Waals surface area contributed by atoms with Crippen LogP contribution < -0.4 is 0 Å². The van der Waals surface area contributed by atoms with Gasteiger partial charge in [-0.1, -0.05) is 317 Å². The molecule has 0 bridgehead atoms. The fourth-order valence-electron chi connectivity index (χ4n) is 9.63. The highest BCUT2D eigenvalue weighted by Crippen LogP contribution is 2.18. The average Bonchev–Trinajstić information content (AvgIpc) is 3.32. The zero-order valence-corrected chi connectivity index (χ0v) is 46.6. The van der Waals surface area contributed by atoms with Gasteiger partial charge < -0.3 is 14.2 Å². The van der Waals surface area contributed by atoms with E-state index in [1.54, 1.807) is 0 Å². The van der Waals surface area contributed by atoms with Gasteiger partial charge in [-0.3, -0.25) is 14.4 Å².